The minimum absolute atomic E-state index is 0.115. The molecule has 1 fully saturated rings. The van der Waals surface area contributed by atoms with Gasteiger partial charge in [0.15, 0.2) is 11.5 Å². The first-order valence-electron chi connectivity index (χ1n) is 7.13. The monoisotopic (exact) mass is 264 g/mol. The Labute approximate surface area is 115 Å². The normalized spacial score (nSPS) is 27.1. The van der Waals surface area contributed by atoms with Gasteiger partial charge in [0.1, 0.15) is 6.10 Å². The molecular formula is C16H24O3. The molecule has 1 aromatic carbocycles. The molecule has 3 heteroatoms. The number of benzene rings is 1. The molecule has 1 aliphatic carbocycles. The van der Waals surface area contributed by atoms with E-state index in [0.717, 1.165) is 42.7 Å². The van der Waals surface area contributed by atoms with Gasteiger partial charge in [-0.25, -0.2) is 0 Å². The molecule has 1 saturated carbocycles. The van der Waals surface area contributed by atoms with E-state index in [1.807, 2.05) is 25.1 Å². The van der Waals surface area contributed by atoms with Crippen molar-refractivity contribution in [2.45, 2.75) is 51.7 Å². The van der Waals surface area contributed by atoms with Gasteiger partial charge in [-0.05, 0) is 49.8 Å². The fourth-order valence-corrected chi connectivity index (χ4v) is 2.73. The zero-order chi connectivity index (χ0) is 13.8. The smallest absolute Gasteiger partial charge is 0.161 e. The van der Waals surface area contributed by atoms with Gasteiger partial charge >= 0.3 is 0 Å². The van der Waals surface area contributed by atoms with Gasteiger partial charge in [0.05, 0.1) is 13.2 Å². The number of aryl methyl sites for hydroxylation is 1. The van der Waals surface area contributed by atoms with E-state index in [-0.39, 0.29) is 12.2 Å². The SMILES string of the molecule is CCC1CCC(O)C(Oc2ccc(C)cc2OC)C1. The van der Waals surface area contributed by atoms with Crippen LogP contribution in [0.3, 0.4) is 0 Å². The van der Waals surface area contributed by atoms with E-state index in [4.69, 9.17) is 9.47 Å². The molecule has 1 aliphatic rings. The van der Waals surface area contributed by atoms with Gasteiger partial charge < -0.3 is 14.6 Å². The molecule has 0 amide bonds. The topological polar surface area (TPSA) is 38.7 Å². The third-order valence-corrected chi connectivity index (χ3v) is 4.04. The van der Waals surface area contributed by atoms with Crippen molar-refractivity contribution in [1.29, 1.82) is 0 Å². The summed E-state index contributed by atoms with van der Waals surface area (Å²) in [6.45, 7) is 4.22. The summed E-state index contributed by atoms with van der Waals surface area (Å²) in [5, 5.41) is 10.1. The summed E-state index contributed by atoms with van der Waals surface area (Å²) in [4.78, 5) is 0. The average molecular weight is 264 g/mol. The molecule has 19 heavy (non-hydrogen) atoms. The van der Waals surface area contributed by atoms with Gasteiger partial charge in [-0.2, -0.15) is 0 Å². The summed E-state index contributed by atoms with van der Waals surface area (Å²) >= 11 is 0. The van der Waals surface area contributed by atoms with Crippen LogP contribution in [0.5, 0.6) is 11.5 Å². The summed E-state index contributed by atoms with van der Waals surface area (Å²) < 4.78 is 11.4. The van der Waals surface area contributed by atoms with E-state index < -0.39 is 0 Å². The first-order valence-corrected chi connectivity index (χ1v) is 7.13. The molecule has 2 rings (SSSR count). The maximum atomic E-state index is 10.1. The number of ether oxygens (including phenoxy) is 2. The van der Waals surface area contributed by atoms with E-state index in [0.29, 0.717) is 5.92 Å². The highest BCUT2D eigenvalue weighted by atomic mass is 16.5. The zero-order valence-electron chi connectivity index (χ0n) is 12.1. The van der Waals surface area contributed by atoms with Crippen LogP contribution in [0.4, 0.5) is 0 Å². The summed E-state index contributed by atoms with van der Waals surface area (Å²) in [6.07, 6.45) is 3.52. The van der Waals surface area contributed by atoms with E-state index in [9.17, 15) is 5.11 Å². The van der Waals surface area contributed by atoms with Crippen molar-refractivity contribution in [2.75, 3.05) is 7.11 Å². The van der Waals surface area contributed by atoms with Crippen LogP contribution in [0.1, 0.15) is 38.2 Å². The Morgan fingerprint density at radius 3 is 2.74 bits per heavy atom. The zero-order valence-corrected chi connectivity index (χ0v) is 12.1. The van der Waals surface area contributed by atoms with Crippen LogP contribution in [-0.2, 0) is 0 Å². The first kappa shape index (κ1) is 14.2. The highest BCUT2D eigenvalue weighted by Gasteiger charge is 2.30. The second kappa shape index (κ2) is 6.29. The molecule has 3 atom stereocenters. The van der Waals surface area contributed by atoms with Crippen LogP contribution >= 0.6 is 0 Å². The highest BCUT2D eigenvalue weighted by molar-refractivity contribution is 5.42. The van der Waals surface area contributed by atoms with E-state index in [1.54, 1.807) is 7.11 Å². The molecule has 0 heterocycles. The van der Waals surface area contributed by atoms with Crippen LogP contribution < -0.4 is 9.47 Å². The lowest BCUT2D eigenvalue weighted by atomic mass is 9.84. The van der Waals surface area contributed by atoms with Crippen molar-refractivity contribution >= 4 is 0 Å². The third kappa shape index (κ3) is 3.41. The van der Waals surface area contributed by atoms with Crippen molar-refractivity contribution < 1.29 is 14.6 Å². The van der Waals surface area contributed by atoms with E-state index in [1.165, 1.54) is 0 Å². The largest absolute Gasteiger partial charge is 0.493 e. The van der Waals surface area contributed by atoms with Crippen LogP contribution in [-0.4, -0.2) is 24.4 Å². The highest BCUT2D eigenvalue weighted by Crippen LogP contribution is 2.34. The van der Waals surface area contributed by atoms with Crippen LogP contribution in [0.15, 0.2) is 18.2 Å². The van der Waals surface area contributed by atoms with Gasteiger partial charge in [-0.15, -0.1) is 0 Å². The quantitative estimate of drug-likeness (QED) is 0.906. The Bertz CT molecular complexity index is 416. The van der Waals surface area contributed by atoms with Crippen LogP contribution in [0.2, 0.25) is 0 Å². The second-order valence-electron chi connectivity index (χ2n) is 5.47. The Hall–Kier alpha value is -1.22. The van der Waals surface area contributed by atoms with Crippen LogP contribution in [0.25, 0.3) is 0 Å². The molecule has 1 N–H and O–H groups in total. The minimum Gasteiger partial charge on any atom is -0.493 e. The Kier molecular flexibility index (Phi) is 4.70. The molecule has 106 valence electrons. The molecule has 0 radical (unpaired) electrons. The van der Waals surface area contributed by atoms with Gasteiger partial charge in [0, 0.05) is 0 Å². The van der Waals surface area contributed by atoms with Crippen molar-refractivity contribution in [2.24, 2.45) is 5.92 Å². The fourth-order valence-electron chi connectivity index (χ4n) is 2.73. The standard InChI is InChI=1S/C16H24O3/c1-4-12-6-7-13(17)15(10-12)19-14-8-5-11(2)9-16(14)18-3/h5,8-9,12-13,15,17H,4,6-7,10H2,1-3H3. The third-order valence-electron chi connectivity index (χ3n) is 4.04. The van der Waals surface area contributed by atoms with Gasteiger partial charge in [-0.1, -0.05) is 19.4 Å². The van der Waals surface area contributed by atoms with Crippen LogP contribution in [0, 0.1) is 12.8 Å². The Balaban J connectivity index is 2.11. The number of hydrogen-bond acceptors (Lipinski definition) is 3. The summed E-state index contributed by atoms with van der Waals surface area (Å²) in [6, 6.07) is 5.89. The van der Waals surface area contributed by atoms with Gasteiger partial charge in [0.25, 0.3) is 0 Å². The molecule has 3 unspecified atom stereocenters. The molecule has 0 bridgehead atoms. The maximum Gasteiger partial charge on any atom is 0.161 e. The maximum absolute atomic E-state index is 10.1. The molecule has 0 spiro atoms. The number of methoxy groups -OCH3 is 1. The first-order chi connectivity index (χ1) is 9.13. The summed E-state index contributed by atoms with van der Waals surface area (Å²) in [5.41, 5.74) is 1.14. The second-order valence-corrected chi connectivity index (χ2v) is 5.47. The van der Waals surface area contributed by atoms with E-state index >= 15 is 0 Å². The lowest BCUT2D eigenvalue weighted by molar-refractivity contribution is -0.0119. The van der Waals surface area contributed by atoms with Gasteiger partial charge in [0.2, 0.25) is 0 Å². The average Bonchev–Trinajstić information content (AvgIpc) is 2.43. The number of aliphatic hydroxyl groups excluding tert-OH is 1. The Morgan fingerprint density at radius 1 is 1.26 bits per heavy atom. The van der Waals surface area contributed by atoms with Crippen molar-refractivity contribution in [3.63, 3.8) is 0 Å². The summed E-state index contributed by atoms with van der Waals surface area (Å²) in [5.74, 6) is 2.13. The molecule has 0 saturated heterocycles. The number of rotatable bonds is 4. The lowest BCUT2D eigenvalue weighted by Gasteiger charge is -2.33. The van der Waals surface area contributed by atoms with Crippen molar-refractivity contribution in [3.8, 4) is 11.5 Å². The minimum atomic E-state index is -0.367. The predicted octanol–water partition coefficient (Wildman–Crippen LogP) is 3.32. The Morgan fingerprint density at radius 2 is 2.05 bits per heavy atom. The number of hydrogen-bond donors (Lipinski definition) is 1. The van der Waals surface area contributed by atoms with E-state index in [2.05, 4.69) is 6.92 Å². The van der Waals surface area contributed by atoms with Crippen molar-refractivity contribution in [3.05, 3.63) is 23.8 Å². The molecular weight excluding hydrogens is 240 g/mol. The number of aliphatic hydroxyl groups is 1. The summed E-state index contributed by atoms with van der Waals surface area (Å²) in [7, 11) is 1.65. The molecule has 1 aromatic rings. The molecule has 3 nitrogen and oxygen atoms in total. The predicted molar refractivity (Wildman–Crippen MR) is 75.8 cm³/mol. The van der Waals surface area contributed by atoms with Crippen molar-refractivity contribution in [1.82, 2.24) is 0 Å². The fraction of sp³-hybridized carbons (Fsp3) is 0.625. The van der Waals surface area contributed by atoms with Gasteiger partial charge in [-0.3, -0.25) is 0 Å². The lowest BCUT2D eigenvalue weighted by Crippen LogP contribution is -2.38. The molecule has 0 aromatic heterocycles. The molecule has 0 aliphatic heterocycles.